The fourth-order valence-corrected chi connectivity index (χ4v) is 2.68. The number of anilines is 1. The maximum absolute atomic E-state index is 12.5. The molecule has 1 aromatic rings. The Hall–Kier alpha value is -1.88. The highest BCUT2D eigenvalue weighted by Gasteiger charge is 2.26. The highest BCUT2D eigenvalue weighted by Crippen LogP contribution is 2.31. The third-order valence-corrected chi connectivity index (χ3v) is 3.90. The van der Waals surface area contributed by atoms with Crippen molar-refractivity contribution in [2.75, 3.05) is 18.4 Å². The summed E-state index contributed by atoms with van der Waals surface area (Å²) in [6.07, 6.45) is 1.25. The first-order valence-electron chi connectivity index (χ1n) is 7.01. The van der Waals surface area contributed by atoms with Crippen molar-refractivity contribution in [3.63, 3.8) is 0 Å². The number of fused-ring (bicyclic) bond motifs is 1. The van der Waals surface area contributed by atoms with Gasteiger partial charge in [0.2, 0.25) is 0 Å². The van der Waals surface area contributed by atoms with E-state index in [0.717, 1.165) is 25.9 Å². The average Bonchev–Trinajstić information content (AvgIpc) is 2.48. The molecule has 1 fully saturated rings. The number of rotatable bonds is 2. The number of Topliss-reactive ketones (excluding diaryl/α,β-unsaturated/α-hetero) is 1. The van der Waals surface area contributed by atoms with Crippen LogP contribution in [0.5, 0.6) is 5.75 Å². The van der Waals surface area contributed by atoms with Gasteiger partial charge in [-0.15, -0.1) is 0 Å². The van der Waals surface area contributed by atoms with Crippen LogP contribution in [0.4, 0.5) is 5.69 Å². The van der Waals surface area contributed by atoms with Gasteiger partial charge in [-0.2, -0.15) is 0 Å². The van der Waals surface area contributed by atoms with Crippen LogP contribution in [0.25, 0.3) is 0 Å². The Morgan fingerprint density at radius 3 is 2.80 bits per heavy atom. The second-order valence-electron chi connectivity index (χ2n) is 5.35. The Kier molecular flexibility index (Phi) is 3.44. The summed E-state index contributed by atoms with van der Waals surface area (Å²) in [5.74, 6) is 0.679. The molecule has 3 rings (SSSR count). The molecule has 1 amide bonds. The van der Waals surface area contributed by atoms with Gasteiger partial charge in [0.25, 0.3) is 5.91 Å². The van der Waals surface area contributed by atoms with Gasteiger partial charge >= 0.3 is 0 Å². The number of benzene rings is 1. The van der Waals surface area contributed by atoms with E-state index in [1.54, 1.807) is 25.1 Å². The summed E-state index contributed by atoms with van der Waals surface area (Å²) >= 11 is 0. The quantitative estimate of drug-likeness (QED) is 0.804. The molecular weight excluding hydrogens is 256 g/mol. The third kappa shape index (κ3) is 2.41. The number of nitrogens with one attached hydrogen (secondary N) is 2. The monoisotopic (exact) mass is 274 g/mol. The fourth-order valence-electron chi connectivity index (χ4n) is 2.68. The van der Waals surface area contributed by atoms with E-state index in [9.17, 15) is 9.59 Å². The molecule has 1 saturated heterocycles. The topological polar surface area (TPSA) is 67.4 Å². The van der Waals surface area contributed by atoms with Crippen LogP contribution in [0.2, 0.25) is 0 Å². The number of ether oxygens (including phenoxy) is 1. The average molecular weight is 274 g/mol. The van der Waals surface area contributed by atoms with E-state index in [1.807, 2.05) is 0 Å². The first-order chi connectivity index (χ1) is 9.65. The van der Waals surface area contributed by atoms with Crippen LogP contribution in [0.3, 0.4) is 0 Å². The molecule has 106 valence electrons. The van der Waals surface area contributed by atoms with Crippen molar-refractivity contribution < 1.29 is 14.3 Å². The van der Waals surface area contributed by atoms with Gasteiger partial charge in [-0.3, -0.25) is 9.59 Å². The van der Waals surface area contributed by atoms with E-state index >= 15 is 0 Å². The lowest BCUT2D eigenvalue weighted by Crippen LogP contribution is -2.34. The Morgan fingerprint density at radius 2 is 2.05 bits per heavy atom. The zero-order valence-corrected chi connectivity index (χ0v) is 11.4. The number of hydrogen-bond donors (Lipinski definition) is 2. The second-order valence-corrected chi connectivity index (χ2v) is 5.35. The van der Waals surface area contributed by atoms with Gasteiger partial charge < -0.3 is 15.4 Å². The lowest BCUT2D eigenvalue weighted by atomic mass is 9.89. The van der Waals surface area contributed by atoms with E-state index < -0.39 is 6.10 Å². The first-order valence-corrected chi connectivity index (χ1v) is 7.01. The molecule has 0 aliphatic carbocycles. The smallest absolute Gasteiger partial charge is 0.265 e. The van der Waals surface area contributed by atoms with Crippen molar-refractivity contribution in [1.82, 2.24) is 5.32 Å². The minimum Gasteiger partial charge on any atom is -0.479 e. The van der Waals surface area contributed by atoms with Gasteiger partial charge in [-0.05, 0) is 51.1 Å². The maximum Gasteiger partial charge on any atom is 0.265 e. The van der Waals surface area contributed by atoms with Gasteiger partial charge in [0.1, 0.15) is 5.75 Å². The predicted molar refractivity (Wildman–Crippen MR) is 75.1 cm³/mol. The van der Waals surface area contributed by atoms with Gasteiger partial charge in [0.15, 0.2) is 11.9 Å². The van der Waals surface area contributed by atoms with Crippen molar-refractivity contribution in [1.29, 1.82) is 0 Å². The maximum atomic E-state index is 12.5. The predicted octanol–water partition coefficient (Wildman–Crippen LogP) is 1.59. The Morgan fingerprint density at radius 1 is 1.30 bits per heavy atom. The van der Waals surface area contributed by atoms with Crippen LogP contribution in [-0.4, -0.2) is 30.9 Å². The molecule has 0 radical (unpaired) electrons. The van der Waals surface area contributed by atoms with E-state index in [1.165, 1.54) is 0 Å². The molecule has 2 heterocycles. The number of carbonyl (C=O) groups excluding carboxylic acids is 2. The molecule has 2 aliphatic heterocycles. The zero-order valence-electron chi connectivity index (χ0n) is 11.4. The summed E-state index contributed by atoms with van der Waals surface area (Å²) in [5, 5.41) is 6.03. The standard InChI is InChI=1S/C15H18N2O3/c1-9-15(19)17-12-8-11(2-3-13(12)20-9)14(18)10-4-6-16-7-5-10/h2-3,8-10,16H,4-7H2,1H3,(H,17,19)/t9-/m1/s1. The lowest BCUT2D eigenvalue weighted by molar-refractivity contribution is -0.122. The van der Waals surface area contributed by atoms with Gasteiger partial charge in [-0.1, -0.05) is 0 Å². The van der Waals surface area contributed by atoms with Crippen molar-refractivity contribution in [3.8, 4) is 5.75 Å². The van der Waals surface area contributed by atoms with Crippen LogP contribution in [0.15, 0.2) is 18.2 Å². The molecule has 0 saturated carbocycles. The van der Waals surface area contributed by atoms with Crippen LogP contribution in [-0.2, 0) is 4.79 Å². The van der Waals surface area contributed by atoms with Crippen molar-refractivity contribution in [2.45, 2.75) is 25.9 Å². The molecule has 1 atom stereocenters. The van der Waals surface area contributed by atoms with Crippen LogP contribution in [0.1, 0.15) is 30.1 Å². The van der Waals surface area contributed by atoms with Crippen LogP contribution in [0, 0.1) is 5.92 Å². The van der Waals surface area contributed by atoms with Gasteiger partial charge in [-0.25, -0.2) is 0 Å². The SMILES string of the molecule is C[C@H]1Oc2ccc(C(=O)C3CCNCC3)cc2NC1=O. The van der Waals surface area contributed by atoms with Crippen molar-refractivity contribution in [3.05, 3.63) is 23.8 Å². The summed E-state index contributed by atoms with van der Waals surface area (Å²) in [6.45, 7) is 3.48. The molecule has 5 nitrogen and oxygen atoms in total. The van der Waals surface area contributed by atoms with Crippen LogP contribution < -0.4 is 15.4 Å². The summed E-state index contributed by atoms with van der Waals surface area (Å²) in [6, 6.07) is 5.27. The molecule has 0 unspecified atom stereocenters. The molecular formula is C15H18N2O3. The Balaban J connectivity index is 1.83. The zero-order chi connectivity index (χ0) is 14.1. The number of hydrogen-bond acceptors (Lipinski definition) is 4. The molecule has 2 N–H and O–H groups in total. The normalized spacial score (nSPS) is 22.6. The third-order valence-electron chi connectivity index (χ3n) is 3.90. The van der Waals surface area contributed by atoms with E-state index in [2.05, 4.69) is 10.6 Å². The van der Waals surface area contributed by atoms with Crippen molar-refractivity contribution in [2.24, 2.45) is 5.92 Å². The lowest BCUT2D eigenvalue weighted by Gasteiger charge is -2.25. The number of carbonyl (C=O) groups is 2. The van der Waals surface area contributed by atoms with Crippen molar-refractivity contribution >= 4 is 17.4 Å². The molecule has 5 heteroatoms. The summed E-state index contributed by atoms with van der Waals surface area (Å²) in [7, 11) is 0. The van der Waals surface area contributed by atoms with Gasteiger partial charge in [0.05, 0.1) is 5.69 Å². The van der Waals surface area contributed by atoms with Crippen LogP contribution >= 0.6 is 0 Å². The van der Waals surface area contributed by atoms with E-state index in [-0.39, 0.29) is 17.6 Å². The highest BCUT2D eigenvalue weighted by molar-refractivity contribution is 6.02. The number of ketones is 1. The minimum atomic E-state index is -0.492. The van der Waals surface area contributed by atoms with E-state index in [0.29, 0.717) is 17.0 Å². The highest BCUT2D eigenvalue weighted by atomic mass is 16.5. The number of piperidine rings is 1. The molecule has 20 heavy (non-hydrogen) atoms. The molecule has 0 spiro atoms. The Labute approximate surface area is 117 Å². The molecule has 2 aliphatic rings. The molecule has 0 aromatic heterocycles. The Bertz CT molecular complexity index is 550. The number of amides is 1. The molecule has 1 aromatic carbocycles. The molecule has 0 bridgehead atoms. The van der Waals surface area contributed by atoms with E-state index in [4.69, 9.17) is 4.74 Å². The van der Waals surface area contributed by atoms with Gasteiger partial charge in [0, 0.05) is 11.5 Å². The minimum absolute atomic E-state index is 0.0773. The summed E-state index contributed by atoms with van der Waals surface area (Å²) in [5.41, 5.74) is 1.24. The largest absolute Gasteiger partial charge is 0.479 e. The fraction of sp³-hybridized carbons (Fsp3) is 0.467. The first kappa shape index (κ1) is 13.1. The second kappa shape index (κ2) is 5.25. The summed E-state index contributed by atoms with van der Waals surface area (Å²) < 4.78 is 5.49. The summed E-state index contributed by atoms with van der Waals surface area (Å²) in [4.78, 5) is 24.1.